The van der Waals surface area contributed by atoms with E-state index in [0.29, 0.717) is 47.2 Å². The number of aromatic nitrogens is 2. The smallest absolute Gasteiger partial charge is 0.338 e. The molecule has 250 valence electrons. The van der Waals surface area contributed by atoms with E-state index in [0.717, 1.165) is 48.1 Å². The number of pyridine rings is 1. The van der Waals surface area contributed by atoms with Crippen LogP contribution in [0.25, 0.3) is 22.0 Å². The SMILES string of the molecule is Cn1cc(-c2cc(N)ccc2Oc2cccc(OCCOC3CCN(c4ccc(C(=O)OC(C)(C)C)cc4)CC3)c2)c2cc[nH]c2c1=O. The molecule has 10 heteroatoms. The van der Waals surface area contributed by atoms with Crippen molar-refractivity contribution in [2.75, 3.05) is 36.9 Å². The first-order valence-corrected chi connectivity index (χ1v) is 16.2. The van der Waals surface area contributed by atoms with Crippen LogP contribution in [0, 0.1) is 0 Å². The van der Waals surface area contributed by atoms with Crippen LogP contribution in [0.1, 0.15) is 44.0 Å². The molecule has 3 N–H and O–H groups in total. The topological polar surface area (TPSA) is 121 Å². The summed E-state index contributed by atoms with van der Waals surface area (Å²) in [4.78, 5) is 30.3. The van der Waals surface area contributed by atoms with Crippen LogP contribution in [-0.4, -0.2) is 53.5 Å². The van der Waals surface area contributed by atoms with Gasteiger partial charge in [-0.2, -0.15) is 0 Å². The molecular formula is C38H42N4O6. The van der Waals surface area contributed by atoms with E-state index in [-0.39, 0.29) is 17.6 Å². The van der Waals surface area contributed by atoms with Gasteiger partial charge in [-0.25, -0.2) is 4.79 Å². The molecule has 0 atom stereocenters. The number of H-pyrrole nitrogens is 1. The maximum Gasteiger partial charge on any atom is 0.338 e. The van der Waals surface area contributed by atoms with E-state index in [2.05, 4.69) is 9.88 Å². The number of aryl methyl sites for hydroxylation is 1. The number of esters is 1. The minimum Gasteiger partial charge on any atom is -0.491 e. The third-order valence-corrected chi connectivity index (χ3v) is 8.24. The van der Waals surface area contributed by atoms with Crippen LogP contribution in [0.5, 0.6) is 17.2 Å². The van der Waals surface area contributed by atoms with Crippen molar-refractivity contribution in [1.82, 2.24) is 9.55 Å². The Morgan fingerprint density at radius 1 is 0.938 bits per heavy atom. The minimum absolute atomic E-state index is 0.104. The van der Waals surface area contributed by atoms with Gasteiger partial charge in [0.1, 0.15) is 35.0 Å². The van der Waals surface area contributed by atoms with E-state index in [4.69, 9.17) is 24.7 Å². The molecule has 2 aromatic heterocycles. The third-order valence-electron chi connectivity index (χ3n) is 8.24. The molecule has 6 rings (SSSR count). The van der Waals surface area contributed by atoms with Gasteiger partial charge in [0.2, 0.25) is 0 Å². The second-order valence-electron chi connectivity index (χ2n) is 13.0. The molecule has 5 aromatic rings. The van der Waals surface area contributed by atoms with Crippen molar-refractivity contribution in [3.8, 4) is 28.4 Å². The zero-order valence-corrected chi connectivity index (χ0v) is 27.8. The van der Waals surface area contributed by atoms with Crippen molar-refractivity contribution in [1.29, 1.82) is 0 Å². The monoisotopic (exact) mass is 650 g/mol. The Labute approximate surface area is 280 Å². The van der Waals surface area contributed by atoms with Crippen LogP contribution >= 0.6 is 0 Å². The van der Waals surface area contributed by atoms with Gasteiger partial charge in [-0.3, -0.25) is 4.79 Å². The molecular weight excluding hydrogens is 608 g/mol. The van der Waals surface area contributed by atoms with Crippen molar-refractivity contribution in [3.05, 3.63) is 101 Å². The van der Waals surface area contributed by atoms with Crippen LogP contribution in [0.2, 0.25) is 0 Å². The van der Waals surface area contributed by atoms with E-state index in [1.54, 1.807) is 30.1 Å². The van der Waals surface area contributed by atoms with E-state index < -0.39 is 5.60 Å². The van der Waals surface area contributed by atoms with Crippen molar-refractivity contribution in [2.24, 2.45) is 7.05 Å². The molecule has 0 bridgehead atoms. The number of nitrogen functional groups attached to an aromatic ring is 1. The molecule has 0 radical (unpaired) electrons. The van der Waals surface area contributed by atoms with E-state index in [1.165, 1.54) is 0 Å². The molecule has 0 unspecified atom stereocenters. The van der Waals surface area contributed by atoms with Crippen molar-refractivity contribution >= 4 is 28.2 Å². The van der Waals surface area contributed by atoms with E-state index >= 15 is 0 Å². The molecule has 48 heavy (non-hydrogen) atoms. The number of rotatable bonds is 10. The number of piperidine rings is 1. The second kappa shape index (κ2) is 13.9. The zero-order chi connectivity index (χ0) is 33.8. The number of hydrogen-bond donors (Lipinski definition) is 2. The van der Waals surface area contributed by atoms with Crippen molar-refractivity contribution in [3.63, 3.8) is 0 Å². The quantitative estimate of drug-likeness (QED) is 0.0949. The lowest BCUT2D eigenvalue weighted by molar-refractivity contribution is 0.00695. The first kappa shape index (κ1) is 32.7. The Hall–Kier alpha value is -5.22. The number of nitrogens with zero attached hydrogens (tertiary/aromatic N) is 2. The van der Waals surface area contributed by atoms with E-state index in [9.17, 15) is 9.59 Å². The molecule has 1 aliphatic rings. The molecule has 0 spiro atoms. The van der Waals surface area contributed by atoms with Crippen LogP contribution in [-0.2, 0) is 16.5 Å². The number of aromatic amines is 1. The number of carbonyl (C=O) groups is 1. The van der Waals surface area contributed by atoms with Crippen LogP contribution in [0.15, 0.2) is 90.0 Å². The Morgan fingerprint density at radius 3 is 2.44 bits per heavy atom. The number of ether oxygens (including phenoxy) is 4. The number of anilines is 2. The number of nitrogens with two attached hydrogens (primary N) is 1. The van der Waals surface area contributed by atoms with Gasteiger partial charge in [0.15, 0.2) is 0 Å². The van der Waals surface area contributed by atoms with Gasteiger partial charge >= 0.3 is 5.97 Å². The Morgan fingerprint density at radius 2 is 1.69 bits per heavy atom. The summed E-state index contributed by atoms with van der Waals surface area (Å²) in [5.41, 5.74) is 9.92. The summed E-state index contributed by atoms with van der Waals surface area (Å²) in [6.07, 6.45) is 5.53. The number of carbonyl (C=O) groups excluding carboxylic acids is 1. The number of benzene rings is 3. The molecule has 1 saturated heterocycles. The predicted octanol–water partition coefficient (Wildman–Crippen LogP) is 6.93. The highest BCUT2D eigenvalue weighted by atomic mass is 16.6. The molecule has 0 saturated carbocycles. The number of hydrogen-bond acceptors (Lipinski definition) is 8. The fraction of sp³-hybridized carbons (Fsp3) is 0.316. The van der Waals surface area contributed by atoms with Crippen LogP contribution in [0.4, 0.5) is 11.4 Å². The summed E-state index contributed by atoms with van der Waals surface area (Å²) in [5, 5.41) is 0.797. The van der Waals surface area contributed by atoms with Crippen LogP contribution in [0.3, 0.4) is 0 Å². The lowest BCUT2D eigenvalue weighted by Crippen LogP contribution is -2.37. The fourth-order valence-electron chi connectivity index (χ4n) is 5.89. The first-order chi connectivity index (χ1) is 23.0. The van der Waals surface area contributed by atoms with Gasteiger partial charge in [-0.05, 0) is 94.3 Å². The molecule has 10 nitrogen and oxygen atoms in total. The molecule has 1 fully saturated rings. The molecule has 0 amide bonds. The van der Waals surface area contributed by atoms with Gasteiger partial charge in [-0.15, -0.1) is 0 Å². The van der Waals surface area contributed by atoms with Crippen molar-refractivity contribution < 1.29 is 23.7 Å². The highest BCUT2D eigenvalue weighted by molar-refractivity contribution is 5.96. The summed E-state index contributed by atoms with van der Waals surface area (Å²) in [7, 11) is 1.72. The Kier molecular flexibility index (Phi) is 9.45. The first-order valence-electron chi connectivity index (χ1n) is 16.2. The highest BCUT2D eigenvalue weighted by Crippen LogP contribution is 2.38. The lowest BCUT2D eigenvalue weighted by atomic mass is 10.0. The minimum atomic E-state index is -0.520. The lowest BCUT2D eigenvalue weighted by Gasteiger charge is -2.33. The summed E-state index contributed by atoms with van der Waals surface area (Å²) in [6, 6.07) is 22.5. The molecule has 3 aromatic carbocycles. The summed E-state index contributed by atoms with van der Waals surface area (Å²) < 4.78 is 25.5. The van der Waals surface area contributed by atoms with Crippen LogP contribution < -0.4 is 25.7 Å². The van der Waals surface area contributed by atoms with Gasteiger partial charge in [0.25, 0.3) is 5.56 Å². The Bertz CT molecular complexity index is 1950. The van der Waals surface area contributed by atoms with Gasteiger partial charge in [0, 0.05) is 66.5 Å². The fourth-order valence-corrected chi connectivity index (χ4v) is 5.89. The second-order valence-corrected chi connectivity index (χ2v) is 13.0. The maximum atomic E-state index is 12.6. The Balaban J connectivity index is 1.00. The van der Waals surface area contributed by atoms with E-state index in [1.807, 2.05) is 87.5 Å². The molecule has 0 aliphatic carbocycles. The van der Waals surface area contributed by atoms with Crippen molar-refractivity contribution in [2.45, 2.75) is 45.3 Å². The average Bonchev–Trinajstić information content (AvgIpc) is 3.56. The number of nitrogens with one attached hydrogen (secondary N) is 1. The summed E-state index contributed by atoms with van der Waals surface area (Å²) in [6.45, 7) is 8.23. The van der Waals surface area contributed by atoms with Gasteiger partial charge < -0.3 is 39.1 Å². The largest absolute Gasteiger partial charge is 0.491 e. The summed E-state index contributed by atoms with van der Waals surface area (Å²) in [5.74, 6) is 1.58. The standard InChI is InChI=1S/C38H42N4O6/c1-38(2,3)48-37(44)25-8-11-27(12-9-25)42-18-15-28(16-19-42)45-20-21-46-29-6-5-7-30(23-29)47-34-13-10-26(39)22-32(34)33-24-41(4)36(43)35-31(33)14-17-40-35/h5-14,17,22-24,28,40H,15-16,18-21,39H2,1-4H3. The highest BCUT2D eigenvalue weighted by Gasteiger charge is 2.22. The predicted molar refractivity (Wildman–Crippen MR) is 188 cm³/mol. The normalized spacial score (nSPS) is 13.9. The van der Waals surface area contributed by atoms with Gasteiger partial charge in [-0.1, -0.05) is 6.07 Å². The molecule has 3 heterocycles. The van der Waals surface area contributed by atoms with Gasteiger partial charge in [0.05, 0.1) is 18.3 Å². The zero-order valence-electron chi connectivity index (χ0n) is 27.8. The molecule has 1 aliphatic heterocycles. The summed E-state index contributed by atoms with van der Waals surface area (Å²) >= 11 is 0. The maximum absolute atomic E-state index is 12.6. The number of fused-ring (bicyclic) bond motifs is 1. The average molecular weight is 651 g/mol. The third kappa shape index (κ3) is 7.66.